The topological polar surface area (TPSA) is 9.23 Å². The normalized spacial score (nSPS) is 11.0. The Morgan fingerprint density at radius 2 is 1.28 bits per heavy atom. The predicted molar refractivity (Wildman–Crippen MR) is 141 cm³/mol. The second-order valence-corrected chi connectivity index (χ2v) is 9.08. The van der Waals surface area contributed by atoms with Crippen molar-refractivity contribution in [2.75, 3.05) is 0 Å². The summed E-state index contributed by atoms with van der Waals surface area (Å²) in [6, 6.07) is 23.3. The zero-order valence-electron chi connectivity index (χ0n) is 20.8. The van der Waals surface area contributed by atoms with Crippen LogP contribution in [0.5, 0.6) is 5.75 Å². The molecule has 0 aliphatic heterocycles. The Labute approximate surface area is 211 Å². The Balaban J connectivity index is 1.42. The average molecular weight is 489 g/mol. The van der Waals surface area contributed by atoms with Gasteiger partial charge in [-0.3, -0.25) is 0 Å². The summed E-state index contributed by atoms with van der Waals surface area (Å²) in [6.45, 7) is 4.28. The van der Waals surface area contributed by atoms with Crippen molar-refractivity contribution < 1.29 is 17.9 Å². The van der Waals surface area contributed by atoms with Crippen LogP contribution in [0.15, 0.2) is 78.9 Å². The number of unbranched alkanes of at least 4 members (excludes halogenated alkanes) is 1. The summed E-state index contributed by atoms with van der Waals surface area (Å²) in [5.74, 6) is -2.24. The fraction of sp³-hybridized carbons (Fsp3) is 0.250. The van der Waals surface area contributed by atoms with Crippen molar-refractivity contribution in [2.45, 2.75) is 52.6 Å². The van der Waals surface area contributed by atoms with Crippen molar-refractivity contribution >= 4 is 0 Å². The van der Waals surface area contributed by atoms with Gasteiger partial charge in [-0.05, 0) is 70.8 Å². The van der Waals surface area contributed by atoms with Crippen LogP contribution in [-0.4, -0.2) is 0 Å². The van der Waals surface area contributed by atoms with Gasteiger partial charge in [0.25, 0.3) is 0 Å². The van der Waals surface area contributed by atoms with Gasteiger partial charge in [0.05, 0.1) is 0 Å². The molecule has 4 heteroatoms. The van der Waals surface area contributed by atoms with Crippen LogP contribution >= 0.6 is 0 Å². The summed E-state index contributed by atoms with van der Waals surface area (Å²) in [5, 5.41) is 0. The molecule has 186 valence electrons. The maximum Gasteiger partial charge on any atom is 0.201 e. The quantitative estimate of drug-likeness (QED) is 0.216. The zero-order valence-corrected chi connectivity index (χ0v) is 20.8. The highest BCUT2D eigenvalue weighted by molar-refractivity contribution is 5.66. The third-order valence-corrected chi connectivity index (χ3v) is 6.38. The molecule has 4 aromatic rings. The highest BCUT2D eigenvalue weighted by Gasteiger charge is 2.16. The molecule has 0 radical (unpaired) electrons. The van der Waals surface area contributed by atoms with E-state index in [-0.39, 0.29) is 23.7 Å². The van der Waals surface area contributed by atoms with Gasteiger partial charge in [-0.2, -0.15) is 4.39 Å². The first-order valence-corrected chi connectivity index (χ1v) is 12.6. The number of aryl methyl sites for hydroxylation is 2. The Kier molecular flexibility index (Phi) is 8.48. The van der Waals surface area contributed by atoms with Gasteiger partial charge >= 0.3 is 0 Å². The summed E-state index contributed by atoms with van der Waals surface area (Å²) in [7, 11) is 0. The van der Waals surface area contributed by atoms with Crippen LogP contribution in [0.2, 0.25) is 0 Å². The average Bonchev–Trinajstić information content (AvgIpc) is 2.90. The van der Waals surface area contributed by atoms with E-state index in [4.69, 9.17) is 4.74 Å². The Morgan fingerprint density at radius 3 is 1.94 bits per heavy atom. The molecule has 0 fully saturated rings. The number of rotatable bonds is 10. The fourth-order valence-corrected chi connectivity index (χ4v) is 4.26. The lowest BCUT2D eigenvalue weighted by molar-refractivity contribution is 0.285. The Morgan fingerprint density at radius 1 is 0.611 bits per heavy atom. The third kappa shape index (κ3) is 5.99. The summed E-state index contributed by atoms with van der Waals surface area (Å²) < 4.78 is 49.6. The minimum absolute atomic E-state index is 0.0893. The van der Waals surface area contributed by atoms with Gasteiger partial charge in [-0.1, -0.05) is 87.4 Å². The molecule has 36 heavy (non-hydrogen) atoms. The first-order valence-electron chi connectivity index (χ1n) is 12.6. The molecule has 1 nitrogen and oxygen atoms in total. The minimum Gasteiger partial charge on any atom is -0.486 e. The highest BCUT2D eigenvalue weighted by atomic mass is 19.2. The van der Waals surface area contributed by atoms with E-state index in [0.717, 1.165) is 54.4 Å². The molecule has 4 rings (SSSR count). The Hall–Kier alpha value is -3.53. The summed E-state index contributed by atoms with van der Waals surface area (Å²) in [6.07, 6.45) is 4.71. The van der Waals surface area contributed by atoms with Crippen LogP contribution in [0.1, 0.15) is 49.8 Å². The van der Waals surface area contributed by atoms with Crippen molar-refractivity contribution in [1.82, 2.24) is 0 Å². The molecule has 0 N–H and O–H groups in total. The molecule has 0 bridgehead atoms. The second-order valence-electron chi connectivity index (χ2n) is 9.08. The van der Waals surface area contributed by atoms with E-state index in [1.54, 1.807) is 12.1 Å². The number of hydrogen-bond acceptors (Lipinski definition) is 1. The fourth-order valence-electron chi connectivity index (χ4n) is 4.26. The van der Waals surface area contributed by atoms with Gasteiger partial charge < -0.3 is 4.74 Å². The molecule has 0 unspecified atom stereocenters. The van der Waals surface area contributed by atoms with E-state index in [1.807, 2.05) is 60.7 Å². The molecule has 0 aromatic heterocycles. The smallest absolute Gasteiger partial charge is 0.201 e. The molecule has 0 heterocycles. The summed E-state index contributed by atoms with van der Waals surface area (Å²) >= 11 is 0. The van der Waals surface area contributed by atoms with E-state index >= 15 is 0 Å². The molecule has 0 saturated heterocycles. The van der Waals surface area contributed by atoms with Gasteiger partial charge in [0.15, 0.2) is 11.6 Å². The second kappa shape index (κ2) is 11.9. The van der Waals surface area contributed by atoms with Crippen molar-refractivity contribution in [1.29, 1.82) is 0 Å². The standard InChI is InChI=1S/C32H31F3O/c1-3-5-7-26-16-17-27(20-29(26)33)24-12-10-23(11-13-24)21-36-30-19-18-28(31(34)32(30)35)25-14-8-22(6-4-2)9-15-25/h8-20H,3-7,21H2,1-2H3. The molecule has 0 amide bonds. The molecule has 0 aliphatic carbocycles. The lowest BCUT2D eigenvalue weighted by Gasteiger charge is -2.12. The molecule has 0 saturated carbocycles. The van der Waals surface area contributed by atoms with Crippen molar-refractivity contribution in [3.63, 3.8) is 0 Å². The Bertz CT molecular complexity index is 1290. The molecule has 0 spiro atoms. The van der Waals surface area contributed by atoms with Crippen LogP contribution in [0.25, 0.3) is 22.3 Å². The molecule has 0 atom stereocenters. The minimum atomic E-state index is -1.000. The SMILES string of the molecule is CCCCc1ccc(-c2ccc(COc3ccc(-c4ccc(CCC)cc4)c(F)c3F)cc2)cc1F. The zero-order chi connectivity index (χ0) is 25.5. The van der Waals surface area contributed by atoms with Gasteiger partial charge in [0, 0.05) is 5.56 Å². The lowest BCUT2D eigenvalue weighted by atomic mass is 10.00. The van der Waals surface area contributed by atoms with E-state index in [2.05, 4.69) is 13.8 Å². The maximum absolute atomic E-state index is 14.8. The molecule has 4 aromatic carbocycles. The van der Waals surface area contributed by atoms with Crippen molar-refractivity contribution in [3.8, 4) is 28.0 Å². The lowest BCUT2D eigenvalue weighted by Crippen LogP contribution is -2.00. The van der Waals surface area contributed by atoms with Gasteiger partial charge in [0.1, 0.15) is 12.4 Å². The number of ether oxygens (including phenoxy) is 1. The van der Waals surface area contributed by atoms with Crippen molar-refractivity contribution in [3.05, 3.63) is 113 Å². The van der Waals surface area contributed by atoms with E-state index < -0.39 is 11.6 Å². The molecule has 0 aliphatic rings. The summed E-state index contributed by atoms with van der Waals surface area (Å²) in [5.41, 5.74) is 5.22. The number of hydrogen-bond donors (Lipinski definition) is 0. The van der Waals surface area contributed by atoms with Gasteiger partial charge in [0.2, 0.25) is 5.82 Å². The summed E-state index contributed by atoms with van der Waals surface area (Å²) in [4.78, 5) is 0. The first kappa shape index (κ1) is 25.6. The third-order valence-electron chi connectivity index (χ3n) is 6.38. The van der Waals surface area contributed by atoms with E-state index in [1.165, 1.54) is 11.6 Å². The van der Waals surface area contributed by atoms with Crippen LogP contribution < -0.4 is 4.74 Å². The largest absolute Gasteiger partial charge is 0.486 e. The first-order chi connectivity index (χ1) is 17.5. The van der Waals surface area contributed by atoms with Gasteiger partial charge in [-0.25, -0.2) is 8.78 Å². The monoisotopic (exact) mass is 488 g/mol. The van der Waals surface area contributed by atoms with Crippen LogP contribution in [0.3, 0.4) is 0 Å². The van der Waals surface area contributed by atoms with Crippen LogP contribution in [-0.2, 0) is 19.4 Å². The van der Waals surface area contributed by atoms with Crippen LogP contribution in [0, 0.1) is 17.5 Å². The molecular formula is C32H31F3O. The number of benzene rings is 4. The van der Waals surface area contributed by atoms with Crippen LogP contribution in [0.4, 0.5) is 13.2 Å². The predicted octanol–water partition coefficient (Wildman–Crippen LogP) is 9.31. The van der Waals surface area contributed by atoms with Crippen molar-refractivity contribution in [2.24, 2.45) is 0 Å². The maximum atomic E-state index is 14.8. The molecular weight excluding hydrogens is 457 g/mol. The highest BCUT2D eigenvalue weighted by Crippen LogP contribution is 2.31. The van der Waals surface area contributed by atoms with Gasteiger partial charge in [-0.15, -0.1) is 0 Å². The van der Waals surface area contributed by atoms with E-state index in [9.17, 15) is 13.2 Å². The van der Waals surface area contributed by atoms with E-state index in [0.29, 0.717) is 5.56 Å². The number of halogens is 3.